The highest BCUT2D eigenvalue weighted by Gasteiger charge is 2.11. The van der Waals surface area contributed by atoms with Gasteiger partial charge < -0.3 is 10.4 Å². The molecule has 6 nitrogen and oxygen atoms in total. The Morgan fingerprint density at radius 1 is 1.39 bits per heavy atom. The van der Waals surface area contributed by atoms with Gasteiger partial charge in [0, 0.05) is 12.4 Å². The molecule has 1 amide bonds. The number of aromatic nitrogens is 2. The van der Waals surface area contributed by atoms with Gasteiger partial charge >= 0.3 is 12.0 Å². The van der Waals surface area contributed by atoms with Gasteiger partial charge in [-0.25, -0.2) is 19.0 Å². The van der Waals surface area contributed by atoms with Crippen molar-refractivity contribution in [3.05, 3.63) is 48.3 Å². The first-order valence-corrected chi connectivity index (χ1v) is 4.90. The summed E-state index contributed by atoms with van der Waals surface area (Å²) in [6.07, 6.45) is 4.02. The molecule has 18 heavy (non-hydrogen) atoms. The summed E-state index contributed by atoms with van der Waals surface area (Å²) >= 11 is 0. The SMILES string of the molecule is O=C(O)c1ccc(F)c(NC(=O)n2ccnc2)c1. The monoisotopic (exact) mass is 249 g/mol. The number of imidazole rings is 1. The number of carboxylic acid groups (broad SMARTS) is 1. The fraction of sp³-hybridized carbons (Fsp3) is 0. The Labute approximate surface area is 101 Å². The van der Waals surface area contributed by atoms with E-state index in [1.165, 1.54) is 18.7 Å². The number of carbonyl (C=O) groups excluding carboxylic acids is 1. The number of amides is 1. The fourth-order valence-electron chi connectivity index (χ4n) is 1.31. The molecule has 0 radical (unpaired) electrons. The highest BCUT2D eigenvalue weighted by molar-refractivity contribution is 5.94. The largest absolute Gasteiger partial charge is 0.478 e. The van der Waals surface area contributed by atoms with Crippen LogP contribution in [0.15, 0.2) is 36.9 Å². The molecule has 0 atom stereocenters. The molecule has 0 saturated carbocycles. The van der Waals surface area contributed by atoms with E-state index in [2.05, 4.69) is 10.3 Å². The van der Waals surface area contributed by atoms with Crippen LogP contribution >= 0.6 is 0 Å². The normalized spacial score (nSPS) is 10.1. The number of rotatable bonds is 2. The predicted octanol–water partition coefficient (Wildman–Crippen LogP) is 1.80. The van der Waals surface area contributed by atoms with Crippen molar-refractivity contribution in [2.45, 2.75) is 0 Å². The number of anilines is 1. The molecule has 0 saturated heterocycles. The van der Waals surface area contributed by atoms with Crippen molar-refractivity contribution in [2.24, 2.45) is 0 Å². The van der Waals surface area contributed by atoms with Crippen LogP contribution in [0.25, 0.3) is 0 Å². The van der Waals surface area contributed by atoms with Crippen molar-refractivity contribution in [1.29, 1.82) is 0 Å². The average Bonchev–Trinajstić information content (AvgIpc) is 2.85. The molecule has 0 fully saturated rings. The summed E-state index contributed by atoms with van der Waals surface area (Å²) in [4.78, 5) is 26.0. The number of nitrogens with one attached hydrogen (secondary N) is 1. The second kappa shape index (κ2) is 4.66. The minimum atomic E-state index is -1.20. The molecule has 2 N–H and O–H groups in total. The molecule has 2 rings (SSSR count). The lowest BCUT2D eigenvalue weighted by atomic mass is 10.2. The first-order chi connectivity index (χ1) is 8.58. The van der Waals surface area contributed by atoms with E-state index in [0.717, 1.165) is 22.8 Å². The minimum Gasteiger partial charge on any atom is -0.478 e. The highest BCUT2D eigenvalue weighted by atomic mass is 19.1. The zero-order valence-corrected chi connectivity index (χ0v) is 9.00. The molecular formula is C11H8FN3O3. The van der Waals surface area contributed by atoms with Crippen LogP contribution in [0.2, 0.25) is 0 Å². The summed E-state index contributed by atoms with van der Waals surface area (Å²) in [6.45, 7) is 0. The van der Waals surface area contributed by atoms with Crippen LogP contribution in [0, 0.1) is 5.82 Å². The Hall–Kier alpha value is -2.70. The molecule has 2 aromatic rings. The Morgan fingerprint density at radius 3 is 2.78 bits per heavy atom. The van der Waals surface area contributed by atoms with E-state index >= 15 is 0 Å². The van der Waals surface area contributed by atoms with Gasteiger partial charge in [0.05, 0.1) is 11.3 Å². The molecule has 1 heterocycles. The smallest absolute Gasteiger partial charge is 0.335 e. The van der Waals surface area contributed by atoms with Crippen LogP contribution in [0.5, 0.6) is 0 Å². The summed E-state index contributed by atoms with van der Waals surface area (Å²) in [5, 5.41) is 11.0. The van der Waals surface area contributed by atoms with Crippen LogP contribution in [0.3, 0.4) is 0 Å². The van der Waals surface area contributed by atoms with Gasteiger partial charge in [-0.05, 0) is 18.2 Å². The molecule has 92 valence electrons. The lowest BCUT2D eigenvalue weighted by Crippen LogP contribution is -2.18. The third-order valence-corrected chi connectivity index (χ3v) is 2.19. The van der Waals surface area contributed by atoms with E-state index in [1.807, 2.05) is 0 Å². The van der Waals surface area contributed by atoms with E-state index in [-0.39, 0.29) is 11.3 Å². The highest BCUT2D eigenvalue weighted by Crippen LogP contribution is 2.16. The Kier molecular flexibility index (Phi) is 3.05. The average molecular weight is 249 g/mol. The summed E-state index contributed by atoms with van der Waals surface area (Å²) in [5.74, 6) is -1.92. The van der Waals surface area contributed by atoms with Crippen molar-refractivity contribution in [1.82, 2.24) is 9.55 Å². The van der Waals surface area contributed by atoms with E-state index in [4.69, 9.17) is 5.11 Å². The maximum absolute atomic E-state index is 13.4. The molecule has 0 aliphatic heterocycles. The van der Waals surface area contributed by atoms with Gasteiger partial charge in [-0.1, -0.05) is 0 Å². The minimum absolute atomic E-state index is 0.114. The number of benzene rings is 1. The molecular weight excluding hydrogens is 241 g/mol. The van der Waals surface area contributed by atoms with Gasteiger partial charge in [-0.2, -0.15) is 0 Å². The van der Waals surface area contributed by atoms with Crippen LogP contribution in [0.4, 0.5) is 14.9 Å². The van der Waals surface area contributed by atoms with Gasteiger partial charge in [0.15, 0.2) is 0 Å². The summed E-state index contributed by atoms with van der Waals surface area (Å²) in [7, 11) is 0. The maximum atomic E-state index is 13.4. The first kappa shape index (κ1) is 11.8. The lowest BCUT2D eigenvalue weighted by molar-refractivity contribution is 0.0697. The van der Waals surface area contributed by atoms with Gasteiger partial charge in [-0.15, -0.1) is 0 Å². The molecule has 7 heteroatoms. The van der Waals surface area contributed by atoms with Crippen molar-refractivity contribution in [3.63, 3.8) is 0 Å². The van der Waals surface area contributed by atoms with E-state index in [1.54, 1.807) is 0 Å². The molecule has 1 aromatic heterocycles. The zero-order chi connectivity index (χ0) is 13.1. The number of aromatic carboxylic acids is 1. The summed E-state index contributed by atoms with van der Waals surface area (Å²) in [5.41, 5.74) is -0.314. The third kappa shape index (κ3) is 2.34. The number of hydrogen-bond donors (Lipinski definition) is 2. The molecule has 0 aliphatic rings. The van der Waals surface area contributed by atoms with Gasteiger partial charge in [0.25, 0.3) is 0 Å². The van der Waals surface area contributed by atoms with E-state index < -0.39 is 17.8 Å². The van der Waals surface area contributed by atoms with Crippen LogP contribution in [-0.2, 0) is 0 Å². The van der Waals surface area contributed by atoms with Crippen LogP contribution < -0.4 is 5.32 Å². The number of halogens is 1. The molecule has 0 unspecified atom stereocenters. The third-order valence-electron chi connectivity index (χ3n) is 2.19. The number of nitrogens with zero attached hydrogens (tertiary/aromatic N) is 2. The Bertz CT molecular complexity index is 596. The number of hydrogen-bond acceptors (Lipinski definition) is 3. The molecule has 1 aromatic carbocycles. The van der Waals surface area contributed by atoms with Crippen LogP contribution in [-0.4, -0.2) is 26.7 Å². The molecule has 0 aliphatic carbocycles. The van der Waals surface area contributed by atoms with Crippen molar-refractivity contribution < 1.29 is 19.1 Å². The number of carbonyl (C=O) groups is 2. The second-order valence-corrected chi connectivity index (χ2v) is 3.40. The van der Waals surface area contributed by atoms with Gasteiger partial charge in [0.2, 0.25) is 0 Å². The molecule has 0 bridgehead atoms. The quantitative estimate of drug-likeness (QED) is 0.849. The second-order valence-electron chi connectivity index (χ2n) is 3.40. The van der Waals surface area contributed by atoms with Gasteiger partial charge in [-0.3, -0.25) is 4.57 Å². The molecule has 0 spiro atoms. The Morgan fingerprint density at radius 2 is 2.17 bits per heavy atom. The maximum Gasteiger partial charge on any atom is 0.335 e. The summed E-state index contributed by atoms with van der Waals surface area (Å²) in [6, 6.07) is 2.51. The first-order valence-electron chi connectivity index (χ1n) is 4.90. The fourth-order valence-corrected chi connectivity index (χ4v) is 1.31. The standard InChI is InChI=1S/C11H8FN3O3/c12-8-2-1-7(10(16)17)5-9(8)14-11(18)15-4-3-13-6-15/h1-6H,(H,14,18)(H,16,17). The topological polar surface area (TPSA) is 84.2 Å². The van der Waals surface area contributed by atoms with Gasteiger partial charge in [0.1, 0.15) is 12.1 Å². The lowest BCUT2D eigenvalue weighted by Gasteiger charge is -2.07. The zero-order valence-electron chi connectivity index (χ0n) is 9.00. The Balaban J connectivity index is 2.26. The number of carboxylic acids is 1. The van der Waals surface area contributed by atoms with Crippen molar-refractivity contribution in [2.75, 3.05) is 5.32 Å². The summed E-state index contributed by atoms with van der Waals surface area (Å²) < 4.78 is 14.5. The van der Waals surface area contributed by atoms with Crippen molar-refractivity contribution >= 4 is 17.7 Å². The van der Waals surface area contributed by atoms with Crippen molar-refractivity contribution in [3.8, 4) is 0 Å². The van der Waals surface area contributed by atoms with Crippen LogP contribution in [0.1, 0.15) is 10.4 Å². The van der Waals surface area contributed by atoms with E-state index in [0.29, 0.717) is 0 Å². The predicted molar refractivity (Wildman–Crippen MR) is 60.0 cm³/mol. The van der Waals surface area contributed by atoms with E-state index in [9.17, 15) is 14.0 Å².